The van der Waals surface area contributed by atoms with Crippen LogP contribution in [0.4, 0.5) is 11.4 Å². The number of rotatable bonds is 7. The third kappa shape index (κ3) is 5.02. The molecule has 0 aromatic heterocycles. The number of fused-ring (bicyclic) bond motifs is 1. The van der Waals surface area contributed by atoms with E-state index in [1.807, 2.05) is 38.1 Å². The van der Waals surface area contributed by atoms with Gasteiger partial charge in [0.2, 0.25) is 11.8 Å². The first-order valence-corrected chi connectivity index (χ1v) is 10.1. The fourth-order valence-corrected chi connectivity index (χ4v) is 3.60. The van der Waals surface area contributed by atoms with Crippen LogP contribution in [0.25, 0.3) is 0 Å². The van der Waals surface area contributed by atoms with E-state index in [-0.39, 0.29) is 30.1 Å². The number of anilines is 2. The summed E-state index contributed by atoms with van der Waals surface area (Å²) in [4.78, 5) is 38.9. The van der Waals surface area contributed by atoms with Crippen LogP contribution in [-0.2, 0) is 16.0 Å². The molecule has 0 spiro atoms. The van der Waals surface area contributed by atoms with Gasteiger partial charge in [0.25, 0.3) is 5.91 Å². The number of nitrogens with one attached hydrogen (secondary N) is 2. The van der Waals surface area contributed by atoms with Gasteiger partial charge in [-0.25, -0.2) is 0 Å². The molecule has 0 bridgehead atoms. The topological polar surface area (TPSA) is 78.5 Å². The Morgan fingerprint density at radius 1 is 1.10 bits per heavy atom. The molecule has 0 saturated carbocycles. The lowest BCUT2D eigenvalue weighted by molar-refractivity contribution is -0.121. The summed E-state index contributed by atoms with van der Waals surface area (Å²) in [5, 5.41) is 5.76. The summed E-state index contributed by atoms with van der Waals surface area (Å²) in [6.45, 7) is 5.15. The van der Waals surface area contributed by atoms with Crippen LogP contribution < -0.4 is 10.6 Å². The summed E-state index contributed by atoms with van der Waals surface area (Å²) in [5.74, 6) is -0.470. The van der Waals surface area contributed by atoms with Gasteiger partial charge in [0.1, 0.15) is 0 Å². The molecule has 3 rings (SSSR count). The van der Waals surface area contributed by atoms with E-state index >= 15 is 0 Å². The molecule has 2 aromatic rings. The lowest BCUT2D eigenvalue weighted by Gasteiger charge is -2.24. The molecule has 6 nitrogen and oxygen atoms in total. The first-order valence-electron chi connectivity index (χ1n) is 10.1. The number of benzene rings is 2. The quantitative estimate of drug-likeness (QED) is 0.753. The highest BCUT2D eigenvalue weighted by Crippen LogP contribution is 2.27. The standard InChI is InChI=1S/C23H27N3O3/c1-3-26(4-2)23(29)18-9-7-10-19(15-18)24-21(27)13-12-17-14-16-8-5-6-11-20(16)25-22(17)28/h5-11,15,17H,3-4,12-14H2,1-2H3,(H,24,27)(H,25,28). The smallest absolute Gasteiger partial charge is 0.253 e. The Kier molecular flexibility index (Phi) is 6.65. The number of amides is 3. The summed E-state index contributed by atoms with van der Waals surface area (Å²) in [6.07, 6.45) is 1.36. The Hall–Kier alpha value is -3.15. The van der Waals surface area contributed by atoms with Gasteiger partial charge in [-0.15, -0.1) is 0 Å². The highest BCUT2D eigenvalue weighted by molar-refractivity contribution is 5.98. The van der Waals surface area contributed by atoms with E-state index in [9.17, 15) is 14.4 Å². The van der Waals surface area contributed by atoms with Gasteiger partial charge < -0.3 is 15.5 Å². The van der Waals surface area contributed by atoms with Crippen LogP contribution in [0.15, 0.2) is 48.5 Å². The third-order valence-electron chi connectivity index (χ3n) is 5.28. The Bertz CT molecular complexity index is 906. The first-order chi connectivity index (χ1) is 14.0. The summed E-state index contributed by atoms with van der Waals surface area (Å²) in [7, 11) is 0. The predicted octanol–water partition coefficient (Wildman–Crippen LogP) is 3.70. The van der Waals surface area contributed by atoms with Crippen molar-refractivity contribution in [3.63, 3.8) is 0 Å². The molecule has 0 fully saturated rings. The Balaban J connectivity index is 1.57. The van der Waals surface area contributed by atoms with Gasteiger partial charge in [-0.2, -0.15) is 0 Å². The number of nitrogens with zero attached hydrogens (tertiary/aromatic N) is 1. The molecule has 1 atom stereocenters. The predicted molar refractivity (Wildman–Crippen MR) is 114 cm³/mol. The lowest BCUT2D eigenvalue weighted by atomic mass is 9.89. The molecule has 3 amide bonds. The SMILES string of the molecule is CCN(CC)C(=O)c1cccc(NC(=O)CCC2Cc3ccccc3NC2=O)c1. The van der Waals surface area contributed by atoms with Crippen LogP contribution in [0.3, 0.4) is 0 Å². The minimum atomic E-state index is -0.216. The molecular formula is C23H27N3O3. The molecule has 152 valence electrons. The van der Waals surface area contributed by atoms with Gasteiger partial charge in [-0.3, -0.25) is 14.4 Å². The first kappa shape index (κ1) is 20.6. The van der Waals surface area contributed by atoms with Gasteiger partial charge in [0, 0.05) is 42.4 Å². The van der Waals surface area contributed by atoms with Crippen LogP contribution in [-0.4, -0.2) is 35.7 Å². The van der Waals surface area contributed by atoms with Gasteiger partial charge in [0.05, 0.1) is 0 Å². The van der Waals surface area contributed by atoms with Crippen LogP contribution in [0.2, 0.25) is 0 Å². The number of carbonyl (C=O) groups excluding carboxylic acids is 3. The van der Waals surface area contributed by atoms with Crippen molar-refractivity contribution in [1.29, 1.82) is 0 Å². The molecule has 6 heteroatoms. The van der Waals surface area contributed by atoms with Crippen LogP contribution in [0, 0.1) is 5.92 Å². The zero-order chi connectivity index (χ0) is 20.8. The lowest BCUT2D eigenvalue weighted by Crippen LogP contribution is -2.31. The van der Waals surface area contributed by atoms with E-state index in [4.69, 9.17) is 0 Å². The van der Waals surface area contributed by atoms with Crippen molar-refractivity contribution >= 4 is 29.1 Å². The highest BCUT2D eigenvalue weighted by Gasteiger charge is 2.26. The van der Waals surface area contributed by atoms with Crippen molar-refractivity contribution in [2.75, 3.05) is 23.7 Å². The monoisotopic (exact) mass is 393 g/mol. The van der Waals surface area contributed by atoms with Crippen molar-refractivity contribution < 1.29 is 14.4 Å². The van der Waals surface area contributed by atoms with E-state index in [0.29, 0.717) is 37.2 Å². The zero-order valence-corrected chi connectivity index (χ0v) is 16.9. The molecule has 29 heavy (non-hydrogen) atoms. The van der Waals surface area contributed by atoms with E-state index in [2.05, 4.69) is 10.6 Å². The second-order valence-electron chi connectivity index (χ2n) is 7.19. The molecule has 1 aliphatic heterocycles. The van der Waals surface area contributed by atoms with Crippen molar-refractivity contribution in [3.8, 4) is 0 Å². The van der Waals surface area contributed by atoms with Crippen LogP contribution in [0.1, 0.15) is 42.6 Å². The average Bonchev–Trinajstić information content (AvgIpc) is 2.73. The van der Waals surface area contributed by atoms with Crippen molar-refractivity contribution in [1.82, 2.24) is 4.90 Å². The maximum atomic E-state index is 12.5. The fourth-order valence-electron chi connectivity index (χ4n) is 3.60. The fraction of sp³-hybridized carbons (Fsp3) is 0.348. The van der Waals surface area contributed by atoms with Gasteiger partial charge >= 0.3 is 0 Å². The van der Waals surface area contributed by atoms with E-state index < -0.39 is 0 Å². The molecule has 1 aliphatic rings. The largest absolute Gasteiger partial charge is 0.339 e. The second-order valence-corrected chi connectivity index (χ2v) is 7.19. The maximum Gasteiger partial charge on any atom is 0.253 e. The zero-order valence-electron chi connectivity index (χ0n) is 16.9. The van der Waals surface area contributed by atoms with Crippen molar-refractivity contribution in [2.24, 2.45) is 5.92 Å². The molecule has 0 aliphatic carbocycles. The van der Waals surface area contributed by atoms with Crippen molar-refractivity contribution in [2.45, 2.75) is 33.1 Å². The molecule has 2 N–H and O–H groups in total. The van der Waals surface area contributed by atoms with Crippen LogP contribution in [0.5, 0.6) is 0 Å². The van der Waals surface area contributed by atoms with Gasteiger partial charge in [0.15, 0.2) is 0 Å². The molecule has 2 aromatic carbocycles. The minimum absolute atomic E-state index is 0.0386. The molecule has 0 radical (unpaired) electrons. The van der Waals surface area contributed by atoms with Gasteiger partial charge in [-0.1, -0.05) is 24.3 Å². The van der Waals surface area contributed by atoms with Gasteiger partial charge in [-0.05, 0) is 56.5 Å². The molecule has 1 heterocycles. The highest BCUT2D eigenvalue weighted by atomic mass is 16.2. The molecule has 1 unspecified atom stereocenters. The Labute approximate surface area is 171 Å². The maximum absolute atomic E-state index is 12.5. The normalized spacial score (nSPS) is 15.2. The summed E-state index contributed by atoms with van der Waals surface area (Å²) >= 11 is 0. The number of carbonyl (C=O) groups is 3. The minimum Gasteiger partial charge on any atom is -0.339 e. The summed E-state index contributed by atoms with van der Waals surface area (Å²) in [6, 6.07) is 14.7. The summed E-state index contributed by atoms with van der Waals surface area (Å²) < 4.78 is 0. The number of para-hydroxylation sites is 1. The van der Waals surface area contributed by atoms with Crippen LogP contribution >= 0.6 is 0 Å². The Morgan fingerprint density at radius 3 is 2.62 bits per heavy atom. The third-order valence-corrected chi connectivity index (χ3v) is 5.28. The second kappa shape index (κ2) is 9.37. The van der Waals surface area contributed by atoms with Crippen molar-refractivity contribution in [3.05, 3.63) is 59.7 Å². The average molecular weight is 393 g/mol. The summed E-state index contributed by atoms with van der Waals surface area (Å²) in [5.41, 5.74) is 3.09. The number of hydrogen-bond acceptors (Lipinski definition) is 3. The van der Waals surface area contributed by atoms with E-state index in [1.54, 1.807) is 29.2 Å². The van der Waals surface area contributed by atoms with E-state index in [1.165, 1.54) is 0 Å². The molecule has 0 saturated heterocycles. The van der Waals surface area contributed by atoms with E-state index in [0.717, 1.165) is 11.3 Å². The Morgan fingerprint density at radius 2 is 1.86 bits per heavy atom. The molecular weight excluding hydrogens is 366 g/mol. The number of hydrogen-bond donors (Lipinski definition) is 2.